The van der Waals surface area contributed by atoms with Crippen LogP contribution in [0.1, 0.15) is 135 Å². The molecule has 0 aromatic carbocycles. The van der Waals surface area contributed by atoms with Crippen molar-refractivity contribution in [3.63, 3.8) is 0 Å². The van der Waals surface area contributed by atoms with Gasteiger partial charge in [-0.05, 0) is 26.2 Å². The molecule has 0 atom stereocenters. The SMILES string of the molecule is [CH2]C/C=C/CCCCCCCCCCCCCCCCCCCC[CH2]. The van der Waals surface area contributed by atoms with Crippen LogP contribution in [0.5, 0.6) is 0 Å². The van der Waals surface area contributed by atoms with E-state index in [0.717, 1.165) is 12.8 Å². The Kier molecular flexibility index (Phi) is 23.5. The van der Waals surface area contributed by atoms with Crippen molar-refractivity contribution in [3.8, 4) is 0 Å². The first-order chi connectivity index (χ1) is 12.4. The van der Waals surface area contributed by atoms with Crippen molar-refractivity contribution in [1.82, 2.24) is 0 Å². The van der Waals surface area contributed by atoms with E-state index in [0.29, 0.717) is 0 Å². The van der Waals surface area contributed by atoms with E-state index < -0.39 is 0 Å². The lowest BCUT2D eigenvalue weighted by Crippen LogP contribution is -1.84. The molecule has 0 spiro atoms. The van der Waals surface area contributed by atoms with Gasteiger partial charge in [-0.2, -0.15) is 0 Å². The first-order valence-electron chi connectivity index (χ1n) is 11.6. The third kappa shape index (κ3) is 23.7. The van der Waals surface area contributed by atoms with E-state index in [1.54, 1.807) is 0 Å². The molecule has 0 aliphatic rings. The van der Waals surface area contributed by atoms with Gasteiger partial charge < -0.3 is 0 Å². The molecule has 0 bridgehead atoms. The largest absolute Gasteiger partial charge is 0.0885 e. The summed E-state index contributed by atoms with van der Waals surface area (Å²) in [7, 11) is 0. The Morgan fingerprint density at radius 1 is 0.360 bits per heavy atom. The van der Waals surface area contributed by atoms with E-state index in [9.17, 15) is 0 Å². The van der Waals surface area contributed by atoms with Crippen LogP contribution >= 0.6 is 0 Å². The highest BCUT2D eigenvalue weighted by Gasteiger charge is 1.95. The standard InChI is InChI=1S/C25H48/c1-3-5-7-9-11-13-15-17-19-21-23-25-24-22-20-18-16-14-12-10-8-6-4-2/h5,7H,1-4,6,8-25H2/b7-5+. The van der Waals surface area contributed by atoms with Crippen molar-refractivity contribution in [2.45, 2.75) is 135 Å². The van der Waals surface area contributed by atoms with Gasteiger partial charge >= 0.3 is 0 Å². The van der Waals surface area contributed by atoms with Gasteiger partial charge in [0.15, 0.2) is 0 Å². The van der Waals surface area contributed by atoms with Crippen molar-refractivity contribution >= 4 is 0 Å². The Bertz CT molecular complexity index is 240. The second kappa shape index (κ2) is 23.7. The Hall–Kier alpha value is -0.260. The highest BCUT2D eigenvalue weighted by molar-refractivity contribution is 4.81. The molecule has 0 N–H and O–H groups in total. The molecule has 0 saturated heterocycles. The van der Waals surface area contributed by atoms with E-state index >= 15 is 0 Å². The Labute approximate surface area is 161 Å². The summed E-state index contributed by atoms with van der Waals surface area (Å²) < 4.78 is 0. The van der Waals surface area contributed by atoms with Crippen LogP contribution in [0, 0.1) is 13.8 Å². The molecule has 0 saturated carbocycles. The van der Waals surface area contributed by atoms with Crippen molar-refractivity contribution in [1.29, 1.82) is 0 Å². The fourth-order valence-electron chi connectivity index (χ4n) is 3.50. The summed E-state index contributed by atoms with van der Waals surface area (Å²) in [5.74, 6) is 0. The van der Waals surface area contributed by atoms with E-state index in [2.05, 4.69) is 26.0 Å². The lowest BCUT2D eigenvalue weighted by atomic mass is 10.0. The Balaban J connectivity index is 2.97. The van der Waals surface area contributed by atoms with Gasteiger partial charge in [0, 0.05) is 0 Å². The van der Waals surface area contributed by atoms with Crippen LogP contribution in [0.3, 0.4) is 0 Å². The number of rotatable bonds is 21. The summed E-state index contributed by atoms with van der Waals surface area (Å²) in [4.78, 5) is 0. The van der Waals surface area contributed by atoms with E-state index in [1.807, 2.05) is 0 Å². The summed E-state index contributed by atoms with van der Waals surface area (Å²) in [5.41, 5.74) is 0. The number of hydrogen-bond acceptors (Lipinski definition) is 0. The maximum absolute atomic E-state index is 3.90. The predicted molar refractivity (Wildman–Crippen MR) is 117 cm³/mol. The maximum atomic E-state index is 3.90. The van der Waals surface area contributed by atoms with Gasteiger partial charge in [-0.1, -0.05) is 135 Å². The molecule has 0 nitrogen and oxygen atoms in total. The molecule has 148 valence electrons. The molecule has 0 aliphatic heterocycles. The topological polar surface area (TPSA) is 0 Å². The predicted octanol–water partition coefficient (Wildman–Crippen LogP) is 9.40. The maximum Gasteiger partial charge on any atom is -0.0351 e. The van der Waals surface area contributed by atoms with E-state index in [4.69, 9.17) is 0 Å². The highest BCUT2D eigenvalue weighted by atomic mass is 14.0. The van der Waals surface area contributed by atoms with Crippen LogP contribution in [0.15, 0.2) is 12.2 Å². The summed E-state index contributed by atoms with van der Waals surface area (Å²) in [5, 5.41) is 0. The van der Waals surface area contributed by atoms with Gasteiger partial charge in [-0.3, -0.25) is 0 Å². The third-order valence-corrected chi connectivity index (χ3v) is 5.20. The van der Waals surface area contributed by atoms with Crippen LogP contribution < -0.4 is 0 Å². The molecular weight excluding hydrogens is 300 g/mol. The summed E-state index contributed by atoms with van der Waals surface area (Å²) >= 11 is 0. The minimum absolute atomic E-state index is 0.942. The van der Waals surface area contributed by atoms with Crippen molar-refractivity contribution in [2.24, 2.45) is 0 Å². The monoisotopic (exact) mass is 348 g/mol. The van der Waals surface area contributed by atoms with Gasteiger partial charge in [0.05, 0.1) is 0 Å². The summed E-state index contributed by atoms with van der Waals surface area (Å²) in [6.07, 6.45) is 33.8. The molecule has 0 aliphatic carbocycles. The van der Waals surface area contributed by atoms with Crippen molar-refractivity contribution in [2.75, 3.05) is 0 Å². The summed E-state index contributed by atoms with van der Waals surface area (Å²) in [6.45, 7) is 7.72. The lowest BCUT2D eigenvalue weighted by Gasteiger charge is -2.03. The Morgan fingerprint density at radius 2 is 0.680 bits per heavy atom. The number of unbranched alkanes of at least 4 members (excludes halogenated alkanes) is 19. The van der Waals surface area contributed by atoms with Gasteiger partial charge in [0.1, 0.15) is 0 Å². The van der Waals surface area contributed by atoms with E-state index in [-0.39, 0.29) is 0 Å². The molecule has 0 aromatic rings. The minimum Gasteiger partial charge on any atom is -0.0885 e. The zero-order chi connectivity index (χ0) is 18.3. The molecule has 0 amide bonds. The second-order valence-electron chi connectivity index (χ2n) is 7.77. The fraction of sp³-hybridized carbons (Fsp3) is 0.840. The molecule has 0 heteroatoms. The van der Waals surface area contributed by atoms with Gasteiger partial charge in [-0.25, -0.2) is 0 Å². The van der Waals surface area contributed by atoms with Gasteiger partial charge in [-0.15, -0.1) is 0 Å². The second-order valence-corrected chi connectivity index (χ2v) is 7.77. The zero-order valence-corrected chi connectivity index (χ0v) is 17.4. The minimum atomic E-state index is 0.942. The fourth-order valence-corrected chi connectivity index (χ4v) is 3.50. The third-order valence-electron chi connectivity index (χ3n) is 5.20. The average Bonchev–Trinajstić information content (AvgIpc) is 2.63. The van der Waals surface area contributed by atoms with Crippen molar-refractivity contribution in [3.05, 3.63) is 26.0 Å². The van der Waals surface area contributed by atoms with Crippen LogP contribution in [-0.2, 0) is 0 Å². The molecule has 2 radical (unpaired) electrons. The van der Waals surface area contributed by atoms with Crippen LogP contribution in [0.2, 0.25) is 0 Å². The van der Waals surface area contributed by atoms with E-state index in [1.165, 1.54) is 122 Å². The molecule has 0 aromatic heterocycles. The van der Waals surface area contributed by atoms with Gasteiger partial charge in [0.25, 0.3) is 0 Å². The summed E-state index contributed by atoms with van der Waals surface area (Å²) in [6, 6.07) is 0. The number of hydrogen-bond donors (Lipinski definition) is 0. The smallest absolute Gasteiger partial charge is 0.0351 e. The average molecular weight is 349 g/mol. The molecule has 0 heterocycles. The van der Waals surface area contributed by atoms with Crippen molar-refractivity contribution < 1.29 is 0 Å². The van der Waals surface area contributed by atoms with Crippen LogP contribution in [0.25, 0.3) is 0 Å². The first-order valence-corrected chi connectivity index (χ1v) is 11.6. The molecule has 0 fully saturated rings. The molecule has 0 rings (SSSR count). The van der Waals surface area contributed by atoms with Crippen LogP contribution in [-0.4, -0.2) is 0 Å². The zero-order valence-electron chi connectivity index (χ0n) is 17.4. The van der Waals surface area contributed by atoms with Gasteiger partial charge in [0.2, 0.25) is 0 Å². The molecule has 25 heavy (non-hydrogen) atoms. The first kappa shape index (κ1) is 24.7. The highest BCUT2D eigenvalue weighted by Crippen LogP contribution is 2.14. The number of allylic oxidation sites excluding steroid dienone is 2. The normalized spacial score (nSPS) is 11.6. The quantitative estimate of drug-likeness (QED) is 0.143. The molecular formula is C25H48. The lowest BCUT2D eigenvalue weighted by molar-refractivity contribution is 0.524. The van der Waals surface area contributed by atoms with Crippen LogP contribution in [0.4, 0.5) is 0 Å². The molecule has 0 unspecified atom stereocenters. The Morgan fingerprint density at radius 3 is 1.00 bits per heavy atom.